The van der Waals surface area contributed by atoms with Crippen molar-refractivity contribution in [3.8, 4) is 17.2 Å². The molecule has 6 aliphatic rings. The molecule has 0 bridgehead atoms. The van der Waals surface area contributed by atoms with Crippen molar-refractivity contribution in [1.82, 2.24) is 0 Å². The van der Waals surface area contributed by atoms with Gasteiger partial charge in [-0.15, -0.1) is 0 Å². The predicted molar refractivity (Wildman–Crippen MR) is 415 cm³/mol. The summed E-state index contributed by atoms with van der Waals surface area (Å²) in [6.07, 6.45) is 17.6. The molecule has 3 fully saturated rings. The van der Waals surface area contributed by atoms with Gasteiger partial charge in [-0.1, -0.05) is 155 Å². The summed E-state index contributed by atoms with van der Waals surface area (Å²) in [6, 6.07) is 57.9. The minimum Gasteiger partial charge on any atom is -0.741 e. The quantitative estimate of drug-likeness (QED) is 0.0312. The smallest absolute Gasteiger partial charge is 0.485 e. The molecule has 8 aromatic carbocycles. The lowest BCUT2D eigenvalue weighted by Gasteiger charge is -2.38. The number of hydrogen-bond donors (Lipinski definition) is 3. The number of phenols is 2. The Hall–Kier alpha value is -8.47. The van der Waals surface area contributed by atoms with Crippen LogP contribution in [0.25, 0.3) is 32.7 Å². The highest BCUT2D eigenvalue weighted by Gasteiger charge is 2.46. The van der Waals surface area contributed by atoms with Crippen LogP contribution in [0.2, 0.25) is 0 Å². The van der Waals surface area contributed by atoms with Gasteiger partial charge < -0.3 is 57.9 Å². The van der Waals surface area contributed by atoms with E-state index in [1.807, 2.05) is 36.4 Å². The molecule has 19 heteroatoms. The maximum atomic E-state index is 11.8. The molecule has 0 aromatic heterocycles. The van der Waals surface area contributed by atoms with Crippen LogP contribution in [0.5, 0.6) is 17.2 Å². The van der Waals surface area contributed by atoms with E-state index < -0.39 is 40.6 Å². The maximum absolute atomic E-state index is 11.8. The fourth-order valence-electron chi connectivity index (χ4n) is 17.0. The van der Waals surface area contributed by atoms with Gasteiger partial charge in [0.2, 0.25) is 5.69 Å². The number of halogens is 3. The van der Waals surface area contributed by atoms with Crippen molar-refractivity contribution in [3.05, 3.63) is 244 Å². The first-order valence-corrected chi connectivity index (χ1v) is 39.4. The Labute approximate surface area is 632 Å². The number of aliphatic hydroxyl groups excluding tert-OH is 1. The zero-order valence-corrected chi connectivity index (χ0v) is 63.5. The van der Waals surface area contributed by atoms with Crippen molar-refractivity contribution in [3.63, 3.8) is 0 Å². The van der Waals surface area contributed by atoms with E-state index in [1.165, 1.54) is 83.3 Å². The third-order valence-corrected chi connectivity index (χ3v) is 22.8. The molecule has 570 valence electrons. The summed E-state index contributed by atoms with van der Waals surface area (Å²) in [6.45, 7) is 14.2. The standard InChI is InChI=1S/C88H98N2O10.CHF3O3S/c1-9-22-66-55-70(52-63(93)30-20-32-68-54-69(99-85(98-68)59-26-18-29-62(92)50-59)34-21-33-67-53-64(10-2)95-84(97-67)58-25-17-28-61(91)49-58)100-86(96-66)60-27-19-31-65(51-60)94-48-47-77-75(41-45-80-87(3,4)82-71-35-13-11-23-56(71)39-43-78(82)89(80)7)73-37-15-16-38-74(73)76(77)42-46-81-88(5,6)83-72-36-14-12-24-57(72)40-44-79(83)90(81)8;2-1(3,4)8(5,6)7/h11-19,23-29,31,35-46,49-51,63-64,66-70,84-86,93H,9-10,20-22,30,32-34,47-48,52-55H2,1-8H3,(H-,91,92);(H,5,6,7). The van der Waals surface area contributed by atoms with Crippen LogP contribution in [0.3, 0.4) is 0 Å². The molecule has 14 rings (SSSR count). The first-order valence-electron chi connectivity index (χ1n) is 38.0. The number of allylic oxidation sites excluding steroid dienone is 7. The highest BCUT2D eigenvalue weighted by molar-refractivity contribution is 7.86. The monoisotopic (exact) mass is 1490 g/mol. The molecule has 3 N–H and O–H groups in total. The molecule has 5 heterocycles. The minimum atomic E-state index is -6.09. The lowest BCUT2D eigenvalue weighted by atomic mass is 9.79. The van der Waals surface area contributed by atoms with Crippen molar-refractivity contribution in [2.45, 2.75) is 209 Å². The van der Waals surface area contributed by atoms with Crippen molar-refractivity contribution in [2.24, 2.45) is 0 Å². The normalized spacial score (nSPS) is 24.3. The third-order valence-electron chi connectivity index (χ3n) is 22.3. The number of likely N-dealkylation sites (N-methyl/N-ethyl adjacent to an activating group) is 1. The number of nitrogens with zero attached hydrogens (tertiary/aromatic N) is 2. The molecule has 0 saturated carbocycles. The highest BCUT2D eigenvalue weighted by atomic mass is 32.2. The minimum absolute atomic E-state index is 0.00929. The Morgan fingerprint density at radius 2 is 1.13 bits per heavy atom. The zero-order chi connectivity index (χ0) is 76.2. The Kier molecular flexibility index (Phi) is 23.7. The number of anilines is 1. The molecular weight excluding hydrogens is 1390 g/mol. The van der Waals surface area contributed by atoms with E-state index in [-0.39, 0.29) is 59.0 Å². The van der Waals surface area contributed by atoms with Gasteiger partial charge in [-0.3, -0.25) is 0 Å². The molecule has 10 atom stereocenters. The number of rotatable bonds is 23. The Morgan fingerprint density at radius 1 is 0.611 bits per heavy atom. The number of ether oxygens (including phenoxy) is 7. The lowest BCUT2D eigenvalue weighted by Crippen LogP contribution is -2.36. The van der Waals surface area contributed by atoms with Crippen LogP contribution >= 0.6 is 0 Å². The van der Waals surface area contributed by atoms with Gasteiger partial charge in [0, 0.05) is 83.9 Å². The van der Waals surface area contributed by atoms with Crippen molar-refractivity contribution >= 4 is 59.9 Å². The second kappa shape index (κ2) is 33.0. The molecule has 1 aliphatic carbocycles. The Morgan fingerprint density at radius 3 is 1.73 bits per heavy atom. The predicted octanol–water partition coefficient (Wildman–Crippen LogP) is 19.9. The van der Waals surface area contributed by atoms with E-state index in [0.717, 1.165) is 86.6 Å². The molecule has 108 heavy (non-hydrogen) atoms. The summed E-state index contributed by atoms with van der Waals surface area (Å²) >= 11 is 0. The van der Waals surface area contributed by atoms with Crippen LogP contribution < -0.4 is 9.64 Å². The molecule has 0 radical (unpaired) electrons. The van der Waals surface area contributed by atoms with E-state index in [1.54, 1.807) is 24.3 Å². The van der Waals surface area contributed by atoms with Gasteiger partial charge in [0.15, 0.2) is 34.7 Å². The topological polar surface area (TPSA) is 189 Å². The molecule has 8 aromatic rings. The fraction of sp³-hybridized carbons (Fsp3) is 0.404. The van der Waals surface area contributed by atoms with Gasteiger partial charge in [0.25, 0.3) is 0 Å². The first kappa shape index (κ1) is 77.7. The summed E-state index contributed by atoms with van der Waals surface area (Å²) in [7, 11) is -1.67. The number of fused-ring (bicyclic) bond motifs is 7. The molecule has 3 saturated heterocycles. The number of alkyl halides is 3. The average molecular weight is 1490 g/mol. The van der Waals surface area contributed by atoms with E-state index in [9.17, 15) is 28.5 Å². The van der Waals surface area contributed by atoms with Gasteiger partial charge in [0.1, 0.15) is 24.3 Å². The van der Waals surface area contributed by atoms with Gasteiger partial charge >= 0.3 is 5.51 Å². The van der Waals surface area contributed by atoms with Crippen LogP contribution in [-0.4, -0.2) is 108 Å². The van der Waals surface area contributed by atoms with Crippen LogP contribution in [0.1, 0.15) is 189 Å². The van der Waals surface area contributed by atoms with Gasteiger partial charge in [0.05, 0.1) is 54.7 Å². The SMILES string of the molecule is CCCC1CC(CC(O)CCCC2CC(CCCC3CC(CC)OC(c4cccc(O)c4)O3)OC(c3cccc(O)c3)O2)OC(c2cccc(OCC/C3=C(\C=C\C4=[N+](C)c5ccc6ccccc6c5C4(C)C)c4ccccc4\C3=C/C=C3/N(C)c4ccc5ccccc5c4C3(C)C)c2)O1.O=S(=O)([O-])C(F)(F)F. The number of hydrogen-bond acceptors (Lipinski definition) is 14. The second-order valence-electron chi connectivity index (χ2n) is 30.5. The van der Waals surface area contributed by atoms with Crippen LogP contribution in [0.15, 0.2) is 205 Å². The number of aromatic hydroxyl groups is 2. The van der Waals surface area contributed by atoms with Crippen molar-refractivity contribution < 1.29 is 79.2 Å². The molecule has 0 spiro atoms. The van der Waals surface area contributed by atoms with E-state index in [4.69, 9.17) is 46.1 Å². The number of phenolic OH excluding ortho intramolecular Hbond substituents is 2. The lowest BCUT2D eigenvalue weighted by molar-refractivity contribution is -0.401. The Balaban J connectivity index is 0.00000122. The summed E-state index contributed by atoms with van der Waals surface area (Å²) in [5.41, 5.74) is 10.1. The van der Waals surface area contributed by atoms with Crippen LogP contribution in [0, 0.1) is 0 Å². The van der Waals surface area contributed by atoms with Crippen LogP contribution in [-0.2, 0) is 49.4 Å². The number of aliphatic hydroxyl groups is 1. The molecule has 5 aliphatic heterocycles. The molecular formula is C89H99F3N2O13S. The highest BCUT2D eigenvalue weighted by Crippen LogP contribution is 2.52. The first-order chi connectivity index (χ1) is 51.8. The summed E-state index contributed by atoms with van der Waals surface area (Å²) in [4.78, 5) is 2.38. The average Bonchev–Trinajstić information content (AvgIpc) is 1.58. The Bertz CT molecular complexity index is 4850. The van der Waals surface area contributed by atoms with Crippen LogP contribution in [0.4, 0.5) is 24.5 Å². The van der Waals surface area contributed by atoms with E-state index >= 15 is 0 Å². The zero-order valence-electron chi connectivity index (χ0n) is 62.7. The summed E-state index contributed by atoms with van der Waals surface area (Å²) in [5, 5.41) is 37.6. The van der Waals surface area contributed by atoms with E-state index in [0.29, 0.717) is 32.3 Å². The van der Waals surface area contributed by atoms with Crippen molar-refractivity contribution in [1.29, 1.82) is 0 Å². The number of benzene rings is 8. The molecule has 0 amide bonds. The molecule has 15 nitrogen and oxygen atoms in total. The van der Waals surface area contributed by atoms with Gasteiger partial charge in [-0.05, 0) is 187 Å². The summed E-state index contributed by atoms with van der Waals surface area (Å²) < 4.78 is 108. The third kappa shape index (κ3) is 17.1. The fourth-order valence-corrected chi connectivity index (χ4v) is 17.0. The summed E-state index contributed by atoms with van der Waals surface area (Å²) in [5.74, 6) is 1.10. The second-order valence-corrected chi connectivity index (χ2v) is 31.8. The van der Waals surface area contributed by atoms with Gasteiger partial charge in [-0.25, -0.2) is 8.42 Å². The maximum Gasteiger partial charge on any atom is 0.485 e. The van der Waals surface area contributed by atoms with Crippen molar-refractivity contribution in [2.75, 3.05) is 25.6 Å². The van der Waals surface area contributed by atoms with E-state index in [2.05, 4.69) is 199 Å². The van der Waals surface area contributed by atoms with Gasteiger partial charge in [-0.2, -0.15) is 17.7 Å². The molecule has 10 unspecified atom stereocenters. The largest absolute Gasteiger partial charge is 0.741 e.